The van der Waals surface area contributed by atoms with E-state index < -0.39 is 24.5 Å². The molecular formula is C15H13NO6S2. The number of methoxy groups -OCH3 is 1. The van der Waals surface area contributed by atoms with Crippen LogP contribution in [0.25, 0.3) is 6.08 Å². The van der Waals surface area contributed by atoms with E-state index in [1.807, 2.05) is 0 Å². The van der Waals surface area contributed by atoms with E-state index in [1.165, 1.54) is 7.11 Å². The van der Waals surface area contributed by atoms with E-state index in [2.05, 4.69) is 4.74 Å². The van der Waals surface area contributed by atoms with E-state index >= 15 is 0 Å². The zero-order valence-corrected chi connectivity index (χ0v) is 14.2. The van der Waals surface area contributed by atoms with Crippen molar-refractivity contribution in [3.05, 3.63) is 34.7 Å². The van der Waals surface area contributed by atoms with Gasteiger partial charge in [-0.05, 0) is 12.1 Å². The lowest BCUT2D eigenvalue weighted by atomic mass is 10.2. The smallest absolute Gasteiger partial charge is 0.341 e. The third-order valence-electron chi connectivity index (χ3n) is 2.95. The Bertz CT molecular complexity index is 730. The molecule has 0 aromatic heterocycles. The number of carbonyl (C=O) groups excluding carboxylic acids is 2. The topological polar surface area (TPSA) is 93.1 Å². The lowest BCUT2D eigenvalue weighted by Crippen LogP contribution is -2.33. The predicted molar refractivity (Wildman–Crippen MR) is 91.5 cm³/mol. The molecule has 9 heteroatoms. The number of benzene rings is 1. The number of hydrogen-bond acceptors (Lipinski definition) is 7. The van der Waals surface area contributed by atoms with Crippen LogP contribution in [0.4, 0.5) is 0 Å². The molecule has 24 heavy (non-hydrogen) atoms. The van der Waals surface area contributed by atoms with Gasteiger partial charge in [-0.25, -0.2) is 4.79 Å². The van der Waals surface area contributed by atoms with E-state index in [9.17, 15) is 14.4 Å². The first-order valence-corrected chi connectivity index (χ1v) is 7.90. The number of hydrogen-bond donors (Lipinski definition) is 1. The SMILES string of the molecule is COC(=O)CN1C(=O)/C(=C/c2ccccc2OCC(=O)O)SC1=S. The van der Waals surface area contributed by atoms with Gasteiger partial charge in [0.05, 0.1) is 12.0 Å². The average Bonchev–Trinajstić information content (AvgIpc) is 2.81. The highest BCUT2D eigenvalue weighted by atomic mass is 32.2. The number of rotatable bonds is 6. The van der Waals surface area contributed by atoms with Gasteiger partial charge in [0.25, 0.3) is 5.91 Å². The predicted octanol–water partition coefficient (Wildman–Crippen LogP) is 1.52. The van der Waals surface area contributed by atoms with Gasteiger partial charge in [0.2, 0.25) is 0 Å². The van der Waals surface area contributed by atoms with E-state index in [1.54, 1.807) is 30.3 Å². The minimum absolute atomic E-state index is 0.251. The minimum atomic E-state index is -1.10. The second kappa shape index (κ2) is 7.93. The first kappa shape index (κ1) is 18.0. The number of carbonyl (C=O) groups is 3. The van der Waals surface area contributed by atoms with Crippen LogP contribution < -0.4 is 4.74 Å². The number of thiocarbonyl (C=S) groups is 1. The second-order valence-corrected chi connectivity index (χ2v) is 6.24. The van der Waals surface area contributed by atoms with Gasteiger partial charge in [0.15, 0.2) is 6.61 Å². The molecule has 0 atom stereocenters. The summed E-state index contributed by atoms with van der Waals surface area (Å²) in [5.41, 5.74) is 0.539. The summed E-state index contributed by atoms with van der Waals surface area (Å²) in [6, 6.07) is 6.71. The highest BCUT2D eigenvalue weighted by molar-refractivity contribution is 8.26. The van der Waals surface area contributed by atoms with E-state index in [4.69, 9.17) is 22.1 Å². The molecule has 0 saturated carbocycles. The molecule has 1 N–H and O–H groups in total. The molecule has 7 nitrogen and oxygen atoms in total. The van der Waals surface area contributed by atoms with Crippen LogP contribution in [-0.4, -0.2) is 52.4 Å². The quantitative estimate of drug-likeness (QED) is 0.460. The second-order valence-electron chi connectivity index (χ2n) is 4.56. The third kappa shape index (κ3) is 4.33. The van der Waals surface area contributed by atoms with Crippen LogP contribution >= 0.6 is 24.0 Å². The van der Waals surface area contributed by atoms with Gasteiger partial charge in [0.1, 0.15) is 16.6 Å². The van der Waals surface area contributed by atoms with Crippen molar-refractivity contribution in [3.8, 4) is 5.75 Å². The molecule has 1 saturated heterocycles. The number of esters is 1. The Kier molecular flexibility index (Phi) is 5.93. The summed E-state index contributed by atoms with van der Waals surface area (Å²) in [4.78, 5) is 35.8. The monoisotopic (exact) mass is 367 g/mol. The van der Waals surface area contributed by atoms with Crippen molar-refractivity contribution < 1.29 is 29.0 Å². The summed E-state index contributed by atoms with van der Waals surface area (Å²) in [7, 11) is 1.23. The molecule has 126 valence electrons. The summed E-state index contributed by atoms with van der Waals surface area (Å²) < 4.78 is 9.98. The first-order valence-electron chi connectivity index (χ1n) is 6.68. The largest absolute Gasteiger partial charge is 0.481 e. The summed E-state index contributed by atoms with van der Waals surface area (Å²) in [6.07, 6.45) is 1.55. The number of carboxylic acid groups (broad SMARTS) is 1. The first-order chi connectivity index (χ1) is 11.4. The third-order valence-corrected chi connectivity index (χ3v) is 4.32. The Balaban J connectivity index is 2.23. The zero-order chi connectivity index (χ0) is 17.7. The van der Waals surface area contributed by atoms with Crippen LogP contribution in [0.1, 0.15) is 5.56 Å². The van der Waals surface area contributed by atoms with Crippen molar-refractivity contribution in [1.29, 1.82) is 0 Å². The number of amides is 1. The number of carboxylic acids is 1. The Morgan fingerprint density at radius 3 is 2.75 bits per heavy atom. The molecule has 0 spiro atoms. The summed E-state index contributed by atoms with van der Waals surface area (Å²) in [5.74, 6) is -1.76. The molecule has 1 heterocycles. The van der Waals surface area contributed by atoms with Gasteiger partial charge in [-0.1, -0.05) is 42.2 Å². The maximum atomic E-state index is 12.4. The van der Waals surface area contributed by atoms with Crippen molar-refractivity contribution in [2.75, 3.05) is 20.3 Å². The maximum Gasteiger partial charge on any atom is 0.341 e. The van der Waals surface area contributed by atoms with Gasteiger partial charge in [-0.15, -0.1) is 0 Å². The number of para-hydroxylation sites is 1. The molecule has 0 radical (unpaired) electrons. The Hall–Kier alpha value is -2.39. The fraction of sp³-hybridized carbons (Fsp3) is 0.200. The van der Waals surface area contributed by atoms with Crippen molar-refractivity contribution in [1.82, 2.24) is 4.90 Å². The van der Waals surface area contributed by atoms with Crippen LogP contribution in [0.15, 0.2) is 29.2 Å². The molecule has 0 bridgehead atoms. The van der Waals surface area contributed by atoms with E-state index in [-0.39, 0.29) is 10.9 Å². The minimum Gasteiger partial charge on any atom is -0.481 e. The Morgan fingerprint density at radius 1 is 1.38 bits per heavy atom. The molecule has 1 aromatic carbocycles. The van der Waals surface area contributed by atoms with Gasteiger partial charge >= 0.3 is 11.9 Å². The molecule has 1 aromatic rings. The van der Waals surface area contributed by atoms with Crippen LogP contribution in [0.5, 0.6) is 5.75 Å². The zero-order valence-electron chi connectivity index (χ0n) is 12.6. The number of nitrogens with zero attached hydrogens (tertiary/aromatic N) is 1. The summed E-state index contributed by atoms with van der Waals surface area (Å²) in [5, 5.41) is 8.70. The highest BCUT2D eigenvalue weighted by Gasteiger charge is 2.33. The van der Waals surface area contributed by atoms with E-state index in [0.29, 0.717) is 16.2 Å². The fourth-order valence-electron chi connectivity index (χ4n) is 1.84. The molecule has 0 aliphatic carbocycles. The van der Waals surface area contributed by atoms with Crippen LogP contribution in [-0.2, 0) is 19.1 Å². The number of ether oxygens (including phenoxy) is 2. The lowest BCUT2D eigenvalue weighted by molar-refractivity contribution is -0.143. The van der Waals surface area contributed by atoms with Gasteiger partial charge in [-0.3, -0.25) is 14.5 Å². The van der Waals surface area contributed by atoms with Crippen molar-refractivity contribution in [2.24, 2.45) is 0 Å². The number of thioether (sulfide) groups is 1. The summed E-state index contributed by atoms with van der Waals surface area (Å²) >= 11 is 6.16. The highest BCUT2D eigenvalue weighted by Crippen LogP contribution is 2.34. The normalized spacial score (nSPS) is 15.7. The molecule has 1 amide bonds. The molecule has 1 aliphatic heterocycles. The van der Waals surface area contributed by atoms with Crippen LogP contribution in [0, 0.1) is 0 Å². The van der Waals surface area contributed by atoms with Gasteiger partial charge in [0, 0.05) is 5.56 Å². The molecule has 1 fully saturated rings. The Labute approximate surface area is 147 Å². The number of aliphatic carboxylic acids is 1. The molecular weight excluding hydrogens is 354 g/mol. The Morgan fingerprint density at radius 2 is 2.08 bits per heavy atom. The molecule has 0 unspecified atom stereocenters. The van der Waals surface area contributed by atoms with Gasteiger partial charge < -0.3 is 14.6 Å². The van der Waals surface area contributed by atoms with Crippen molar-refractivity contribution in [2.45, 2.75) is 0 Å². The maximum absolute atomic E-state index is 12.4. The van der Waals surface area contributed by atoms with Gasteiger partial charge in [-0.2, -0.15) is 0 Å². The molecule has 1 aliphatic rings. The summed E-state index contributed by atoms with van der Waals surface area (Å²) in [6.45, 7) is -0.746. The lowest BCUT2D eigenvalue weighted by Gasteiger charge is -2.12. The fourth-order valence-corrected chi connectivity index (χ4v) is 3.09. The van der Waals surface area contributed by atoms with E-state index in [0.717, 1.165) is 16.7 Å². The molecule has 2 rings (SSSR count). The average molecular weight is 367 g/mol. The van der Waals surface area contributed by atoms with Crippen molar-refractivity contribution >= 4 is 52.2 Å². The van der Waals surface area contributed by atoms with Crippen LogP contribution in [0.2, 0.25) is 0 Å². The van der Waals surface area contributed by atoms with Crippen LogP contribution in [0.3, 0.4) is 0 Å². The van der Waals surface area contributed by atoms with Crippen molar-refractivity contribution in [3.63, 3.8) is 0 Å². The standard InChI is InChI=1S/C15H13NO6S2/c1-21-13(19)7-16-14(20)11(24-15(16)23)6-9-4-2-3-5-10(9)22-8-12(17)18/h2-6H,7-8H2,1H3,(H,17,18)/b11-6-.